The fraction of sp³-hybridized carbons (Fsp3) is 0.900. The summed E-state index contributed by atoms with van der Waals surface area (Å²) in [7, 11) is 0. The van der Waals surface area contributed by atoms with Gasteiger partial charge < -0.3 is 15.2 Å². The Balaban J connectivity index is 2.39. The van der Waals surface area contributed by atoms with E-state index in [1.807, 2.05) is 0 Å². The summed E-state index contributed by atoms with van der Waals surface area (Å²) >= 11 is 0. The summed E-state index contributed by atoms with van der Waals surface area (Å²) in [6.07, 6.45) is 22.2. The lowest BCUT2D eigenvalue weighted by atomic mass is 9.86. The van der Waals surface area contributed by atoms with Crippen LogP contribution in [0.2, 0.25) is 0 Å². The molecule has 210 valence electrons. The molecule has 1 saturated heterocycles. The number of carbonyl (C=O) groups is 3. The van der Waals surface area contributed by atoms with Crippen LogP contribution < -0.4 is 5.73 Å². The maximum absolute atomic E-state index is 12.5. The molecule has 1 amide bonds. The summed E-state index contributed by atoms with van der Waals surface area (Å²) in [6, 6.07) is 0. The van der Waals surface area contributed by atoms with Crippen molar-refractivity contribution in [1.29, 1.82) is 0 Å². The Morgan fingerprint density at radius 1 is 0.778 bits per heavy atom. The third-order valence-electron chi connectivity index (χ3n) is 7.36. The number of carbonyl (C=O) groups excluding carboxylic acids is 3. The first-order chi connectivity index (χ1) is 17.5. The number of cyclic esters (lactones) is 1. The standard InChI is InChI=1S/C30H55NO5/c1-3-5-7-9-10-11-12-13-16-20-25(35-29(33)23-19-15-14-18-22-28(31)32)24-27-26(30(34)36-27)21-17-8-6-4-2/h25-27H,3-24H2,1-2H3,(H2,31,32)/t25-,26-,27-/m0/s1. The maximum Gasteiger partial charge on any atom is 0.313 e. The highest BCUT2D eigenvalue weighted by molar-refractivity contribution is 5.78. The van der Waals surface area contributed by atoms with E-state index in [0.29, 0.717) is 19.3 Å². The molecule has 0 aliphatic carbocycles. The Labute approximate surface area is 220 Å². The maximum atomic E-state index is 12.5. The van der Waals surface area contributed by atoms with Gasteiger partial charge in [-0.1, -0.05) is 104 Å². The van der Waals surface area contributed by atoms with Crippen molar-refractivity contribution in [1.82, 2.24) is 0 Å². The molecule has 6 nitrogen and oxygen atoms in total. The first-order valence-electron chi connectivity index (χ1n) is 15.2. The number of hydrogen-bond acceptors (Lipinski definition) is 5. The number of unbranched alkanes of at least 4 members (excludes halogenated alkanes) is 14. The van der Waals surface area contributed by atoms with Crippen LogP contribution in [0.5, 0.6) is 0 Å². The van der Waals surface area contributed by atoms with E-state index in [1.165, 1.54) is 57.8 Å². The molecule has 0 radical (unpaired) electrons. The Hall–Kier alpha value is -1.59. The molecule has 1 heterocycles. The Morgan fingerprint density at radius 2 is 1.31 bits per heavy atom. The fourth-order valence-electron chi connectivity index (χ4n) is 5.04. The van der Waals surface area contributed by atoms with Gasteiger partial charge in [-0.3, -0.25) is 14.4 Å². The van der Waals surface area contributed by atoms with E-state index in [9.17, 15) is 14.4 Å². The molecule has 0 spiro atoms. The number of nitrogens with two attached hydrogens (primary N) is 1. The normalized spacial score (nSPS) is 17.9. The van der Waals surface area contributed by atoms with Gasteiger partial charge in [-0.25, -0.2) is 0 Å². The van der Waals surface area contributed by atoms with Crippen LogP contribution in [-0.2, 0) is 23.9 Å². The summed E-state index contributed by atoms with van der Waals surface area (Å²) in [6.45, 7) is 4.43. The number of primary amides is 1. The van der Waals surface area contributed by atoms with Crippen LogP contribution in [0.4, 0.5) is 0 Å². The first-order valence-corrected chi connectivity index (χ1v) is 15.2. The molecule has 0 aromatic heterocycles. The van der Waals surface area contributed by atoms with E-state index < -0.39 is 0 Å². The first kappa shape index (κ1) is 32.4. The van der Waals surface area contributed by atoms with Crippen molar-refractivity contribution in [3.05, 3.63) is 0 Å². The topological polar surface area (TPSA) is 95.7 Å². The van der Waals surface area contributed by atoms with Crippen LogP contribution in [0.15, 0.2) is 0 Å². The largest absolute Gasteiger partial charge is 0.462 e. The Morgan fingerprint density at radius 3 is 1.89 bits per heavy atom. The average molecular weight is 510 g/mol. The minimum absolute atomic E-state index is 0.0311. The van der Waals surface area contributed by atoms with Gasteiger partial charge in [-0.2, -0.15) is 0 Å². The zero-order valence-electron chi connectivity index (χ0n) is 23.4. The van der Waals surface area contributed by atoms with Crippen LogP contribution >= 0.6 is 0 Å². The van der Waals surface area contributed by atoms with Crippen LogP contribution in [-0.4, -0.2) is 30.1 Å². The molecular formula is C30H55NO5. The third kappa shape index (κ3) is 16.2. The second-order valence-electron chi connectivity index (χ2n) is 10.8. The molecule has 0 bridgehead atoms. The number of ether oxygens (including phenoxy) is 2. The predicted molar refractivity (Wildman–Crippen MR) is 145 cm³/mol. The van der Waals surface area contributed by atoms with Crippen molar-refractivity contribution in [2.24, 2.45) is 11.7 Å². The second kappa shape index (κ2) is 21.5. The lowest BCUT2D eigenvalue weighted by Gasteiger charge is -2.37. The van der Waals surface area contributed by atoms with E-state index in [0.717, 1.165) is 64.2 Å². The lowest BCUT2D eigenvalue weighted by Crippen LogP contribution is -2.47. The minimum Gasteiger partial charge on any atom is -0.462 e. The summed E-state index contributed by atoms with van der Waals surface area (Å²) in [4.78, 5) is 35.4. The van der Waals surface area contributed by atoms with Crippen LogP contribution in [0, 0.1) is 5.92 Å². The zero-order chi connectivity index (χ0) is 26.4. The quantitative estimate of drug-likeness (QED) is 0.101. The smallest absolute Gasteiger partial charge is 0.313 e. The molecule has 1 fully saturated rings. The van der Waals surface area contributed by atoms with Gasteiger partial charge in [0.25, 0.3) is 0 Å². The molecule has 3 atom stereocenters. The van der Waals surface area contributed by atoms with E-state index >= 15 is 0 Å². The highest BCUT2D eigenvalue weighted by Crippen LogP contribution is 2.32. The minimum atomic E-state index is -0.269. The molecule has 36 heavy (non-hydrogen) atoms. The average Bonchev–Trinajstić information content (AvgIpc) is 2.84. The number of esters is 2. The summed E-state index contributed by atoms with van der Waals surface area (Å²) in [5, 5.41) is 0. The molecule has 1 aliphatic rings. The van der Waals surface area contributed by atoms with Gasteiger partial charge in [-0.15, -0.1) is 0 Å². The van der Waals surface area contributed by atoms with Crippen molar-refractivity contribution in [3.8, 4) is 0 Å². The molecule has 6 heteroatoms. The number of amides is 1. The van der Waals surface area contributed by atoms with Gasteiger partial charge in [0.15, 0.2) is 0 Å². The van der Waals surface area contributed by atoms with E-state index in [-0.39, 0.29) is 36.0 Å². The lowest BCUT2D eigenvalue weighted by molar-refractivity contribution is -0.190. The van der Waals surface area contributed by atoms with E-state index in [1.54, 1.807) is 0 Å². The zero-order valence-corrected chi connectivity index (χ0v) is 23.4. The number of hydrogen-bond donors (Lipinski definition) is 1. The Bertz CT molecular complexity index is 594. The van der Waals surface area contributed by atoms with Gasteiger partial charge >= 0.3 is 11.9 Å². The van der Waals surface area contributed by atoms with Gasteiger partial charge in [-0.05, 0) is 32.1 Å². The third-order valence-corrected chi connectivity index (χ3v) is 7.36. The molecule has 0 saturated carbocycles. The molecular weight excluding hydrogens is 454 g/mol. The molecule has 0 aromatic rings. The SMILES string of the molecule is CCCCCCCCCCC[C@@H](C[C@@H]1OC(=O)[C@H]1CCCCCC)OC(=O)CCCCCCC(N)=O. The summed E-state index contributed by atoms with van der Waals surface area (Å²) in [5.74, 6) is -0.540. The molecule has 0 aromatic carbocycles. The predicted octanol–water partition coefficient (Wildman–Crippen LogP) is 7.55. The van der Waals surface area contributed by atoms with Crippen LogP contribution in [0.3, 0.4) is 0 Å². The van der Waals surface area contributed by atoms with Crippen molar-refractivity contribution in [3.63, 3.8) is 0 Å². The van der Waals surface area contributed by atoms with Crippen molar-refractivity contribution in [2.45, 2.75) is 167 Å². The van der Waals surface area contributed by atoms with Crippen LogP contribution in [0.25, 0.3) is 0 Å². The fourth-order valence-corrected chi connectivity index (χ4v) is 5.04. The van der Waals surface area contributed by atoms with E-state index in [4.69, 9.17) is 15.2 Å². The van der Waals surface area contributed by atoms with E-state index in [2.05, 4.69) is 13.8 Å². The number of rotatable bonds is 25. The van der Waals surface area contributed by atoms with Crippen LogP contribution in [0.1, 0.15) is 155 Å². The highest BCUT2D eigenvalue weighted by atomic mass is 16.6. The van der Waals surface area contributed by atoms with Crippen molar-refractivity contribution in [2.75, 3.05) is 0 Å². The second-order valence-corrected chi connectivity index (χ2v) is 10.8. The summed E-state index contributed by atoms with van der Waals surface area (Å²) in [5.41, 5.74) is 5.17. The van der Waals surface area contributed by atoms with Crippen molar-refractivity contribution >= 4 is 17.8 Å². The Kier molecular flexibility index (Phi) is 19.4. The molecule has 2 N–H and O–H groups in total. The van der Waals surface area contributed by atoms with Gasteiger partial charge in [0.2, 0.25) is 5.91 Å². The van der Waals surface area contributed by atoms with Gasteiger partial charge in [0.1, 0.15) is 12.2 Å². The highest BCUT2D eigenvalue weighted by Gasteiger charge is 2.43. The monoisotopic (exact) mass is 509 g/mol. The van der Waals surface area contributed by atoms with Gasteiger partial charge in [0.05, 0.1) is 5.92 Å². The molecule has 1 rings (SSSR count). The van der Waals surface area contributed by atoms with Gasteiger partial charge in [0, 0.05) is 19.3 Å². The molecule has 0 unspecified atom stereocenters. The van der Waals surface area contributed by atoms with Crippen molar-refractivity contribution < 1.29 is 23.9 Å². The summed E-state index contributed by atoms with van der Waals surface area (Å²) < 4.78 is 11.4. The molecule has 1 aliphatic heterocycles.